The molecule has 0 fully saturated rings. The van der Waals surface area contributed by atoms with Crippen LogP contribution in [0.25, 0.3) is 0 Å². The molecular formula is C13H17NO5. The van der Waals surface area contributed by atoms with Gasteiger partial charge >= 0.3 is 5.97 Å². The summed E-state index contributed by atoms with van der Waals surface area (Å²) in [6, 6.07) is 6.45. The van der Waals surface area contributed by atoms with Crippen LogP contribution in [-0.2, 0) is 9.59 Å². The number of rotatable bonds is 7. The van der Waals surface area contributed by atoms with Crippen molar-refractivity contribution in [1.82, 2.24) is 5.32 Å². The zero-order valence-electron chi connectivity index (χ0n) is 10.9. The number of amides is 1. The van der Waals surface area contributed by atoms with Gasteiger partial charge in [-0.05, 0) is 19.1 Å². The highest BCUT2D eigenvalue weighted by molar-refractivity contribution is 5.78. The maximum Gasteiger partial charge on any atom is 0.305 e. The van der Waals surface area contributed by atoms with Crippen LogP contribution >= 0.6 is 0 Å². The Bertz CT molecular complexity index is 446. The van der Waals surface area contributed by atoms with E-state index in [4.69, 9.17) is 14.6 Å². The summed E-state index contributed by atoms with van der Waals surface area (Å²) >= 11 is 0. The van der Waals surface area contributed by atoms with Crippen LogP contribution in [0.1, 0.15) is 13.3 Å². The van der Waals surface area contributed by atoms with Crippen LogP contribution in [-0.4, -0.2) is 36.7 Å². The quantitative estimate of drug-likeness (QED) is 0.771. The molecule has 0 aromatic heterocycles. The van der Waals surface area contributed by atoms with Gasteiger partial charge in [0.1, 0.15) is 11.5 Å². The third-order valence-corrected chi connectivity index (χ3v) is 2.30. The van der Waals surface area contributed by atoms with E-state index in [1.165, 1.54) is 0 Å². The van der Waals surface area contributed by atoms with Crippen molar-refractivity contribution in [3.8, 4) is 11.5 Å². The van der Waals surface area contributed by atoms with E-state index in [1.807, 2.05) is 0 Å². The summed E-state index contributed by atoms with van der Waals surface area (Å²) in [7, 11) is 1.54. The molecule has 1 amide bonds. The molecule has 0 radical (unpaired) electrons. The van der Waals surface area contributed by atoms with Gasteiger partial charge < -0.3 is 19.9 Å². The van der Waals surface area contributed by atoms with Crippen LogP contribution in [0.4, 0.5) is 0 Å². The van der Waals surface area contributed by atoms with Crippen LogP contribution in [0.5, 0.6) is 11.5 Å². The molecule has 1 atom stereocenters. The third kappa shape index (κ3) is 5.76. The average molecular weight is 267 g/mol. The number of carboxylic acids is 1. The normalized spacial score (nSPS) is 11.5. The molecular weight excluding hydrogens is 250 g/mol. The maximum absolute atomic E-state index is 11.5. The molecule has 0 aliphatic carbocycles. The van der Waals surface area contributed by atoms with E-state index in [9.17, 15) is 9.59 Å². The van der Waals surface area contributed by atoms with E-state index < -0.39 is 12.0 Å². The molecule has 0 aliphatic heterocycles. The van der Waals surface area contributed by atoms with Gasteiger partial charge in [0.25, 0.3) is 5.91 Å². The summed E-state index contributed by atoms with van der Waals surface area (Å²) in [5.74, 6) is -0.171. The van der Waals surface area contributed by atoms with Crippen molar-refractivity contribution in [2.45, 2.75) is 19.4 Å². The molecule has 1 rings (SSSR count). The predicted octanol–water partition coefficient (Wildman–Crippen LogP) is 1.05. The fraction of sp³-hybridized carbons (Fsp3) is 0.385. The van der Waals surface area contributed by atoms with Crippen LogP contribution in [0, 0.1) is 0 Å². The van der Waals surface area contributed by atoms with Gasteiger partial charge in [-0.3, -0.25) is 9.59 Å². The summed E-state index contributed by atoms with van der Waals surface area (Å²) in [6.07, 6.45) is -0.120. The van der Waals surface area contributed by atoms with Crippen LogP contribution in [0.3, 0.4) is 0 Å². The number of carbonyl (C=O) groups is 2. The molecule has 1 aromatic carbocycles. The van der Waals surface area contributed by atoms with E-state index in [-0.39, 0.29) is 18.9 Å². The monoisotopic (exact) mass is 267 g/mol. The molecule has 0 spiro atoms. The maximum atomic E-state index is 11.5. The van der Waals surface area contributed by atoms with E-state index in [0.29, 0.717) is 11.5 Å². The van der Waals surface area contributed by atoms with Gasteiger partial charge in [-0.25, -0.2) is 0 Å². The molecule has 104 valence electrons. The van der Waals surface area contributed by atoms with Crippen molar-refractivity contribution in [2.24, 2.45) is 0 Å². The van der Waals surface area contributed by atoms with Crippen molar-refractivity contribution in [3.63, 3.8) is 0 Å². The number of methoxy groups -OCH3 is 1. The highest BCUT2D eigenvalue weighted by atomic mass is 16.5. The number of benzene rings is 1. The standard InChI is InChI=1S/C13H17NO5/c1-9(6-13(16)17)14-12(15)8-19-11-5-3-4-10(7-11)18-2/h3-5,7,9H,6,8H2,1-2H3,(H,14,15)(H,16,17). The van der Waals surface area contributed by atoms with Crippen molar-refractivity contribution < 1.29 is 24.2 Å². The average Bonchev–Trinajstić information content (AvgIpc) is 2.35. The Labute approximate surface area is 111 Å². The summed E-state index contributed by atoms with van der Waals surface area (Å²) in [6.45, 7) is 1.45. The lowest BCUT2D eigenvalue weighted by Gasteiger charge is -2.12. The Morgan fingerprint density at radius 3 is 2.68 bits per heavy atom. The molecule has 1 unspecified atom stereocenters. The minimum atomic E-state index is -0.957. The molecule has 0 saturated heterocycles. The van der Waals surface area contributed by atoms with E-state index in [0.717, 1.165) is 0 Å². The number of ether oxygens (including phenoxy) is 2. The van der Waals surface area contributed by atoms with Crippen molar-refractivity contribution in [2.75, 3.05) is 13.7 Å². The van der Waals surface area contributed by atoms with Crippen molar-refractivity contribution in [1.29, 1.82) is 0 Å². The zero-order chi connectivity index (χ0) is 14.3. The van der Waals surface area contributed by atoms with Crippen LogP contribution in [0.2, 0.25) is 0 Å². The van der Waals surface area contributed by atoms with Gasteiger partial charge in [-0.15, -0.1) is 0 Å². The van der Waals surface area contributed by atoms with Crippen LogP contribution < -0.4 is 14.8 Å². The summed E-state index contributed by atoms with van der Waals surface area (Å²) in [5.41, 5.74) is 0. The largest absolute Gasteiger partial charge is 0.497 e. The number of carbonyl (C=O) groups excluding carboxylic acids is 1. The van der Waals surface area contributed by atoms with Crippen molar-refractivity contribution >= 4 is 11.9 Å². The van der Waals surface area contributed by atoms with E-state index in [1.54, 1.807) is 38.3 Å². The number of aliphatic carboxylic acids is 1. The molecule has 6 heteroatoms. The first-order valence-electron chi connectivity index (χ1n) is 5.79. The molecule has 2 N–H and O–H groups in total. The van der Waals surface area contributed by atoms with E-state index in [2.05, 4.69) is 5.32 Å². The Kier molecular flexibility index (Phi) is 5.66. The minimum absolute atomic E-state index is 0.120. The molecule has 0 saturated carbocycles. The smallest absolute Gasteiger partial charge is 0.305 e. The van der Waals surface area contributed by atoms with Gasteiger partial charge in [0.05, 0.1) is 13.5 Å². The first-order valence-corrected chi connectivity index (χ1v) is 5.79. The first-order chi connectivity index (χ1) is 9.01. The Morgan fingerprint density at radius 1 is 1.37 bits per heavy atom. The predicted molar refractivity (Wildman–Crippen MR) is 68.3 cm³/mol. The van der Waals surface area contributed by atoms with Gasteiger partial charge in [-0.2, -0.15) is 0 Å². The SMILES string of the molecule is COc1cccc(OCC(=O)NC(C)CC(=O)O)c1. The topological polar surface area (TPSA) is 84.9 Å². The van der Waals surface area contributed by atoms with E-state index >= 15 is 0 Å². The Hall–Kier alpha value is -2.24. The fourth-order valence-electron chi connectivity index (χ4n) is 1.47. The van der Waals surface area contributed by atoms with Gasteiger partial charge in [0, 0.05) is 12.1 Å². The lowest BCUT2D eigenvalue weighted by atomic mass is 10.2. The summed E-state index contributed by atoms with van der Waals surface area (Å²) < 4.78 is 10.3. The number of hydrogen-bond donors (Lipinski definition) is 2. The third-order valence-electron chi connectivity index (χ3n) is 2.30. The second kappa shape index (κ2) is 7.25. The molecule has 0 aliphatic rings. The fourth-order valence-corrected chi connectivity index (χ4v) is 1.47. The Balaban J connectivity index is 2.39. The number of hydrogen-bond acceptors (Lipinski definition) is 4. The minimum Gasteiger partial charge on any atom is -0.497 e. The van der Waals surface area contributed by atoms with Gasteiger partial charge in [-0.1, -0.05) is 6.07 Å². The zero-order valence-corrected chi connectivity index (χ0v) is 10.9. The second-order valence-corrected chi connectivity index (χ2v) is 4.03. The molecule has 0 heterocycles. The van der Waals surface area contributed by atoms with Gasteiger partial charge in [0.2, 0.25) is 0 Å². The van der Waals surface area contributed by atoms with Gasteiger partial charge in [0.15, 0.2) is 6.61 Å². The highest BCUT2D eigenvalue weighted by Gasteiger charge is 2.11. The first kappa shape index (κ1) is 14.8. The molecule has 6 nitrogen and oxygen atoms in total. The summed E-state index contributed by atoms with van der Waals surface area (Å²) in [5, 5.41) is 11.1. The lowest BCUT2D eigenvalue weighted by Crippen LogP contribution is -2.37. The molecule has 19 heavy (non-hydrogen) atoms. The molecule has 1 aromatic rings. The molecule has 0 bridgehead atoms. The lowest BCUT2D eigenvalue weighted by molar-refractivity contribution is -0.137. The van der Waals surface area contributed by atoms with Crippen molar-refractivity contribution in [3.05, 3.63) is 24.3 Å². The number of carboxylic acid groups (broad SMARTS) is 1. The second-order valence-electron chi connectivity index (χ2n) is 4.03. The highest BCUT2D eigenvalue weighted by Crippen LogP contribution is 2.18. The summed E-state index contributed by atoms with van der Waals surface area (Å²) in [4.78, 5) is 21.9. The van der Waals surface area contributed by atoms with Crippen LogP contribution in [0.15, 0.2) is 24.3 Å². The Morgan fingerprint density at radius 2 is 2.05 bits per heavy atom. The number of nitrogens with one attached hydrogen (secondary N) is 1.